The highest BCUT2D eigenvalue weighted by molar-refractivity contribution is 5.75. The molecule has 0 fully saturated rings. The number of nitrogens with zero attached hydrogens (tertiary/aromatic N) is 1. The molecule has 7 heteroatoms. The molecule has 1 rings (SSSR count). The number of benzene rings is 1. The summed E-state index contributed by atoms with van der Waals surface area (Å²) in [6.45, 7) is 9.88. The molecule has 0 heterocycles. The first kappa shape index (κ1) is 20.8. The Balaban J connectivity index is 3.09. The highest BCUT2D eigenvalue weighted by Gasteiger charge is 2.32. The topological polar surface area (TPSA) is 88.1 Å². The third-order valence-corrected chi connectivity index (χ3v) is 2.87. The molecule has 1 atom stereocenters. The van der Waals surface area contributed by atoms with Crippen molar-refractivity contribution in [3.63, 3.8) is 0 Å². The van der Waals surface area contributed by atoms with Gasteiger partial charge in [-0.05, 0) is 47.1 Å². The summed E-state index contributed by atoms with van der Waals surface area (Å²) in [6, 6.07) is 8.04. The summed E-state index contributed by atoms with van der Waals surface area (Å²) >= 11 is 0. The number of carbonyl (C=O) groups is 2. The van der Waals surface area contributed by atoms with E-state index in [0.29, 0.717) is 5.56 Å². The van der Waals surface area contributed by atoms with Crippen LogP contribution in [0.1, 0.15) is 53.1 Å². The average molecular weight is 352 g/mol. The molecule has 0 unspecified atom stereocenters. The van der Waals surface area contributed by atoms with Crippen molar-refractivity contribution >= 4 is 12.2 Å². The van der Waals surface area contributed by atoms with Crippen molar-refractivity contribution in [2.75, 3.05) is 6.61 Å². The number of ether oxygens (including phenoxy) is 2. The Morgan fingerprint density at radius 2 is 1.56 bits per heavy atom. The standard InChI is InChI=1S/C18H28N2O5/c1-17(2,3)24-15(22)19-20(16(23)25-18(4,5)6)14(12-21)13-10-8-7-9-11-13/h7-11,14,21H,12H2,1-6H3,(H,19,22)/t14-/m0/s1. The maximum atomic E-state index is 12.6. The van der Waals surface area contributed by atoms with Crippen LogP contribution >= 0.6 is 0 Å². The van der Waals surface area contributed by atoms with Crippen molar-refractivity contribution < 1.29 is 24.2 Å². The number of aliphatic hydroxyl groups is 1. The molecule has 0 radical (unpaired) electrons. The van der Waals surface area contributed by atoms with Crippen LogP contribution in [-0.4, -0.2) is 40.1 Å². The Bertz CT molecular complexity index is 575. The van der Waals surface area contributed by atoms with E-state index in [-0.39, 0.29) is 0 Å². The van der Waals surface area contributed by atoms with Crippen LogP contribution in [0.5, 0.6) is 0 Å². The lowest BCUT2D eigenvalue weighted by Crippen LogP contribution is -2.52. The highest BCUT2D eigenvalue weighted by Crippen LogP contribution is 2.21. The minimum atomic E-state index is -0.816. The summed E-state index contributed by atoms with van der Waals surface area (Å²) in [5.74, 6) is 0. The fourth-order valence-corrected chi connectivity index (χ4v) is 1.97. The quantitative estimate of drug-likeness (QED) is 0.814. The van der Waals surface area contributed by atoms with Gasteiger partial charge in [0.1, 0.15) is 17.2 Å². The van der Waals surface area contributed by atoms with Gasteiger partial charge in [-0.25, -0.2) is 20.0 Å². The summed E-state index contributed by atoms with van der Waals surface area (Å²) in [6.07, 6.45) is -1.60. The van der Waals surface area contributed by atoms with E-state index >= 15 is 0 Å². The van der Waals surface area contributed by atoms with Crippen molar-refractivity contribution in [1.29, 1.82) is 0 Å². The van der Waals surface area contributed by atoms with Gasteiger partial charge in [-0.3, -0.25) is 0 Å². The van der Waals surface area contributed by atoms with Crippen molar-refractivity contribution in [1.82, 2.24) is 10.4 Å². The number of hydrazine groups is 1. The van der Waals surface area contributed by atoms with E-state index < -0.39 is 36.0 Å². The molecule has 0 bridgehead atoms. The lowest BCUT2D eigenvalue weighted by molar-refractivity contribution is -0.0169. The third-order valence-electron chi connectivity index (χ3n) is 2.87. The van der Waals surface area contributed by atoms with Gasteiger partial charge in [0.25, 0.3) is 0 Å². The molecule has 7 nitrogen and oxygen atoms in total. The second-order valence-corrected chi connectivity index (χ2v) is 7.57. The Morgan fingerprint density at radius 3 is 2.00 bits per heavy atom. The van der Waals surface area contributed by atoms with E-state index in [9.17, 15) is 14.7 Å². The summed E-state index contributed by atoms with van der Waals surface area (Å²) < 4.78 is 10.5. The smallest absolute Gasteiger partial charge is 0.429 e. The van der Waals surface area contributed by atoms with Gasteiger partial charge in [-0.2, -0.15) is 0 Å². The van der Waals surface area contributed by atoms with Gasteiger partial charge in [0.2, 0.25) is 0 Å². The molecule has 140 valence electrons. The molecule has 1 aromatic carbocycles. The molecular weight excluding hydrogens is 324 g/mol. The number of hydrogen-bond donors (Lipinski definition) is 2. The van der Waals surface area contributed by atoms with Gasteiger partial charge in [-0.15, -0.1) is 0 Å². The normalized spacial score (nSPS) is 12.9. The number of rotatable bonds is 3. The Labute approximate surface area is 148 Å². The summed E-state index contributed by atoms with van der Waals surface area (Å²) in [4.78, 5) is 24.7. The number of carbonyl (C=O) groups excluding carboxylic acids is 2. The molecule has 0 aromatic heterocycles. The van der Waals surface area contributed by atoms with E-state index in [0.717, 1.165) is 5.01 Å². The van der Waals surface area contributed by atoms with Gasteiger partial charge >= 0.3 is 12.2 Å². The minimum absolute atomic E-state index is 0.404. The van der Waals surface area contributed by atoms with Crippen LogP contribution in [0.4, 0.5) is 9.59 Å². The van der Waals surface area contributed by atoms with Crippen molar-refractivity contribution in [2.45, 2.75) is 58.8 Å². The van der Waals surface area contributed by atoms with Crippen LogP contribution in [0.25, 0.3) is 0 Å². The summed E-state index contributed by atoms with van der Waals surface area (Å²) in [5, 5.41) is 10.8. The van der Waals surface area contributed by atoms with E-state index in [2.05, 4.69) is 5.43 Å². The summed E-state index contributed by atoms with van der Waals surface area (Å²) in [7, 11) is 0. The minimum Gasteiger partial charge on any atom is -0.443 e. The zero-order chi connectivity index (χ0) is 19.3. The second kappa shape index (κ2) is 8.20. The van der Waals surface area contributed by atoms with Crippen molar-refractivity contribution in [2.24, 2.45) is 0 Å². The Kier molecular flexibility index (Phi) is 6.81. The number of hydrogen-bond acceptors (Lipinski definition) is 5. The largest absolute Gasteiger partial charge is 0.443 e. The predicted octanol–water partition coefficient (Wildman–Crippen LogP) is 3.40. The predicted molar refractivity (Wildman–Crippen MR) is 93.7 cm³/mol. The molecule has 1 aromatic rings. The van der Waals surface area contributed by atoms with Gasteiger partial charge in [0, 0.05) is 0 Å². The average Bonchev–Trinajstić information content (AvgIpc) is 2.44. The first-order valence-electron chi connectivity index (χ1n) is 8.10. The molecule has 0 aliphatic rings. The van der Waals surface area contributed by atoms with E-state index in [1.54, 1.807) is 65.8 Å². The molecule has 2 amide bonds. The fourth-order valence-electron chi connectivity index (χ4n) is 1.97. The van der Waals surface area contributed by atoms with Crippen molar-refractivity contribution in [3.8, 4) is 0 Å². The molecule has 0 spiro atoms. The van der Waals surface area contributed by atoms with Gasteiger partial charge < -0.3 is 14.6 Å². The van der Waals surface area contributed by atoms with Crippen LogP contribution in [0.15, 0.2) is 30.3 Å². The summed E-state index contributed by atoms with van der Waals surface area (Å²) in [5.41, 5.74) is 1.54. The van der Waals surface area contributed by atoms with Crippen LogP contribution in [0, 0.1) is 0 Å². The fraction of sp³-hybridized carbons (Fsp3) is 0.556. The Hall–Kier alpha value is -2.28. The Morgan fingerprint density at radius 1 is 1.04 bits per heavy atom. The molecule has 0 saturated carbocycles. The maximum absolute atomic E-state index is 12.6. The van der Waals surface area contributed by atoms with E-state index in [1.807, 2.05) is 6.07 Å². The van der Waals surface area contributed by atoms with Gasteiger partial charge in [0.15, 0.2) is 0 Å². The van der Waals surface area contributed by atoms with Crippen molar-refractivity contribution in [3.05, 3.63) is 35.9 Å². The third kappa shape index (κ3) is 7.43. The van der Waals surface area contributed by atoms with Gasteiger partial charge in [-0.1, -0.05) is 30.3 Å². The highest BCUT2D eigenvalue weighted by atomic mass is 16.6. The van der Waals surface area contributed by atoms with Crippen LogP contribution in [0.3, 0.4) is 0 Å². The lowest BCUT2D eigenvalue weighted by Gasteiger charge is -2.33. The second-order valence-electron chi connectivity index (χ2n) is 7.57. The van der Waals surface area contributed by atoms with Crippen LogP contribution in [-0.2, 0) is 9.47 Å². The molecule has 2 N–H and O–H groups in total. The zero-order valence-electron chi connectivity index (χ0n) is 15.7. The molecular formula is C18H28N2O5. The monoisotopic (exact) mass is 352 g/mol. The molecule has 0 saturated heterocycles. The lowest BCUT2D eigenvalue weighted by atomic mass is 10.1. The molecule has 0 aliphatic carbocycles. The molecule has 0 aliphatic heterocycles. The first-order valence-corrected chi connectivity index (χ1v) is 8.10. The number of amides is 2. The first-order chi connectivity index (χ1) is 11.4. The van der Waals surface area contributed by atoms with E-state index in [1.165, 1.54) is 0 Å². The van der Waals surface area contributed by atoms with E-state index in [4.69, 9.17) is 9.47 Å². The van der Waals surface area contributed by atoms with Gasteiger partial charge in [0.05, 0.1) is 6.61 Å². The zero-order valence-corrected chi connectivity index (χ0v) is 15.7. The SMILES string of the molecule is CC(C)(C)OC(=O)NN(C(=O)OC(C)(C)C)[C@@H](CO)c1ccccc1. The van der Waals surface area contributed by atoms with Crippen LogP contribution < -0.4 is 5.43 Å². The van der Waals surface area contributed by atoms with Crippen LogP contribution in [0.2, 0.25) is 0 Å². The molecule has 25 heavy (non-hydrogen) atoms. The maximum Gasteiger partial charge on any atom is 0.429 e. The number of aliphatic hydroxyl groups excluding tert-OH is 1. The number of nitrogens with one attached hydrogen (secondary N) is 1.